The van der Waals surface area contributed by atoms with Crippen molar-refractivity contribution in [3.05, 3.63) is 22.2 Å². The first-order valence-corrected chi connectivity index (χ1v) is 5.28. The maximum atomic E-state index is 6.01. The molecule has 0 radical (unpaired) electrons. The van der Waals surface area contributed by atoms with Crippen LogP contribution in [0.15, 0.2) is 16.6 Å². The quantitative estimate of drug-likeness (QED) is 0.866. The molecule has 15 heavy (non-hydrogen) atoms. The van der Waals surface area contributed by atoms with Crippen LogP contribution in [0.25, 0.3) is 0 Å². The molecule has 0 aliphatic carbocycles. The predicted octanol–water partition coefficient (Wildman–Crippen LogP) is 2.66. The number of methoxy groups -OCH3 is 1. The molecule has 0 bridgehead atoms. The van der Waals surface area contributed by atoms with E-state index in [2.05, 4.69) is 15.9 Å². The molecule has 1 heterocycles. The van der Waals surface area contributed by atoms with E-state index in [-0.39, 0.29) is 18.4 Å². The van der Waals surface area contributed by atoms with Gasteiger partial charge in [-0.05, 0) is 12.1 Å². The van der Waals surface area contributed by atoms with Crippen LogP contribution in [-0.2, 0) is 0 Å². The lowest BCUT2D eigenvalue weighted by Gasteiger charge is -2.25. The lowest BCUT2D eigenvalue weighted by Crippen LogP contribution is -2.21. The molecule has 3 nitrogen and oxygen atoms in total. The molecule has 1 aromatic rings. The van der Waals surface area contributed by atoms with E-state index in [0.29, 0.717) is 6.61 Å². The zero-order valence-corrected chi connectivity index (χ0v) is 10.7. The molecule has 2 rings (SSSR count). The summed E-state index contributed by atoms with van der Waals surface area (Å²) in [7, 11) is 1.63. The molecule has 1 aliphatic rings. The molecule has 0 unspecified atom stereocenters. The second kappa shape index (κ2) is 5.05. The lowest BCUT2D eigenvalue weighted by molar-refractivity contribution is 0.252. The first-order valence-electron chi connectivity index (χ1n) is 4.49. The number of nitrogens with two attached hydrogens (primary N) is 1. The third kappa shape index (κ3) is 2.22. The van der Waals surface area contributed by atoms with Gasteiger partial charge in [0.25, 0.3) is 0 Å². The van der Waals surface area contributed by atoms with Crippen molar-refractivity contribution in [1.82, 2.24) is 0 Å². The highest BCUT2D eigenvalue weighted by molar-refractivity contribution is 9.10. The predicted molar refractivity (Wildman–Crippen MR) is 65.0 cm³/mol. The summed E-state index contributed by atoms with van der Waals surface area (Å²) in [5.41, 5.74) is 7.02. The number of halogens is 2. The summed E-state index contributed by atoms with van der Waals surface area (Å²) < 4.78 is 11.8. The highest BCUT2D eigenvalue weighted by Crippen LogP contribution is 2.42. The maximum Gasteiger partial charge on any atom is 0.167 e. The number of hydrogen-bond donors (Lipinski definition) is 1. The molecule has 1 aliphatic heterocycles. The zero-order valence-electron chi connectivity index (χ0n) is 8.33. The molecule has 0 saturated heterocycles. The Morgan fingerprint density at radius 1 is 1.53 bits per heavy atom. The van der Waals surface area contributed by atoms with Crippen molar-refractivity contribution in [3.63, 3.8) is 0 Å². The van der Waals surface area contributed by atoms with Crippen molar-refractivity contribution in [2.24, 2.45) is 5.73 Å². The third-order valence-electron chi connectivity index (χ3n) is 2.37. The van der Waals surface area contributed by atoms with Crippen LogP contribution in [0, 0.1) is 0 Å². The van der Waals surface area contributed by atoms with E-state index in [9.17, 15) is 0 Å². The maximum absolute atomic E-state index is 6.01. The van der Waals surface area contributed by atoms with Gasteiger partial charge in [0.1, 0.15) is 0 Å². The van der Waals surface area contributed by atoms with Gasteiger partial charge in [0.05, 0.1) is 13.7 Å². The highest BCUT2D eigenvalue weighted by atomic mass is 79.9. The van der Waals surface area contributed by atoms with E-state index in [4.69, 9.17) is 15.2 Å². The summed E-state index contributed by atoms with van der Waals surface area (Å²) in [4.78, 5) is 0. The Morgan fingerprint density at radius 3 is 2.93 bits per heavy atom. The van der Waals surface area contributed by atoms with Gasteiger partial charge in [0.2, 0.25) is 0 Å². The van der Waals surface area contributed by atoms with Crippen LogP contribution >= 0.6 is 28.3 Å². The van der Waals surface area contributed by atoms with Crippen molar-refractivity contribution in [2.45, 2.75) is 12.5 Å². The lowest BCUT2D eigenvalue weighted by atomic mass is 10.0. The van der Waals surface area contributed by atoms with E-state index in [1.165, 1.54) is 0 Å². The molecular weight excluding hydrogens is 281 g/mol. The molecule has 0 spiro atoms. The van der Waals surface area contributed by atoms with Gasteiger partial charge in [0, 0.05) is 22.5 Å². The Morgan fingerprint density at radius 2 is 2.27 bits per heavy atom. The monoisotopic (exact) mass is 293 g/mol. The highest BCUT2D eigenvalue weighted by Gasteiger charge is 2.24. The Bertz CT molecular complexity index is 360. The second-order valence-corrected chi connectivity index (χ2v) is 4.09. The average molecular weight is 295 g/mol. The number of ether oxygens (including phenoxy) is 2. The van der Waals surface area contributed by atoms with Crippen LogP contribution in [-0.4, -0.2) is 13.7 Å². The van der Waals surface area contributed by atoms with Crippen molar-refractivity contribution in [3.8, 4) is 11.5 Å². The Kier molecular flexibility index (Phi) is 4.25. The largest absolute Gasteiger partial charge is 0.493 e. The molecule has 84 valence electrons. The van der Waals surface area contributed by atoms with E-state index in [1.807, 2.05) is 12.1 Å². The topological polar surface area (TPSA) is 44.5 Å². The zero-order chi connectivity index (χ0) is 10.1. The minimum absolute atomic E-state index is 0. The van der Waals surface area contributed by atoms with Crippen molar-refractivity contribution >= 4 is 28.3 Å². The van der Waals surface area contributed by atoms with Crippen molar-refractivity contribution in [2.75, 3.05) is 13.7 Å². The van der Waals surface area contributed by atoms with Crippen molar-refractivity contribution in [1.29, 1.82) is 0 Å². The van der Waals surface area contributed by atoms with Gasteiger partial charge in [-0.15, -0.1) is 12.4 Å². The van der Waals surface area contributed by atoms with Gasteiger partial charge >= 0.3 is 0 Å². The molecular formula is C10H13BrClNO2. The number of benzene rings is 1. The van der Waals surface area contributed by atoms with Crippen molar-refractivity contribution < 1.29 is 9.47 Å². The third-order valence-corrected chi connectivity index (χ3v) is 3.06. The van der Waals surface area contributed by atoms with Crippen LogP contribution in [0.5, 0.6) is 11.5 Å². The molecule has 1 atom stereocenters. The average Bonchev–Trinajstić information content (AvgIpc) is 2.18. The summed E-state index contributed by atoms with van der Waals surface area (Å²) in [6.45, 7) is 0.654. The van der Waals surface area contributed by atoms with Crippen LogP contribution in [0.2, 0.25) is 0 Å². The smallest absolute Gasteiger partial charge is 0.167 e. The summed E-state index contributed by atoms with van der Waals surface area (Å²) in [6, 6.07) is 3.84. The van der Waals surface area contributed by atoms with Gasteiger partial charge in [-0.3, -0.25) is 0 Å². The summed E-state index contributed by atoms with van der Waals surface area (Å²) in [5.74, 6) is 1.53. The first kappa shape index (κ1) is 12.6. The van der Waals surface area contributed by atoms with Gasteiger partial charge in [-0.25, -0.2) is 0 Å². The SMILES string of the molecule is COc1ccc(Br)c2c1OCC[C@@H]2N.Cl. The Balaban J connectivity index is 0.00000112. The van der Waals surface area contributed by atoms with Crippen LogP contribution < -0.4 is 15.2 Å². The van der Waals surface area contributed by atoms with E-state index in [0.717, 1.165) is 28.0 Å². The minimum atomic E-state index is 0. The summed E-state index contributed by atoms with van der Waals surface area (Å²) in [6.07, 6.45) is 0.846. The molecule has 0 aromatic heterocycles. The van der Waals surface area contributed by atoms with Gasteiger partial charge in [-0.2, -0.15) is 0 Å². The van der Waals surface area contributed by atoms with E-state index in [1.54, 1.807) is 7.11 Å². The van der Waals surface area contributed by atoms with E-state index >= 15 is 0 Å². The van der Waals surface area contributed by atoms with Gasteiger partial charge in [0.15, 0.2) is 11.5 Å². The van der Waals surface area contributed by atoms with Crippen LogP contribution in [0.3, 0.4) is 0 Å². The number of hydrogen-bond acceptors (Lipinski definition) is 3. The standard InChI is InChI=1S/C10H12BrNO2.ClH/c1-13-8-3-2-6(11)9-7(12)4-5-14-10(8)9;/h2-3,7H,4-5,12H2,1H3;1H/t7-;/m0./s1. The fourth-order valence-electron chi connectivity index (χ4n) is 1.64. The van der Waals surface area contributed by atoms with E-state index < -0.39 is 0 Å². The fraction of sp³-hybridized carbons (Fsp3) is 0.400. The van der Waals surface area contributed by atoms with Crippen LogP contribution in [0.1, 0.15) is 18.0 Å². The molecule has 0 amide bonds. The number of fused-ring (bicyclic) bond motifs is 1. The van der Waals surface area contributed by atoms with Gasteiger partial charge in [-0.1, -0.05) is 15.9 Å². The first-order chi connectivity index (χ1) is 6.74. The normalized spacial score (nSPS) is 18.5. The summed E-state index contributed by atoms with van der Waals surface area (Å²) in [5, 5.41) is 0. The summed E-state index contributed by atoms with van der Waals surface area (Å²) >= 11 is 3.47. The Labute approximate surface area is 103 Å². The molecule has 5 heteroatoms. The molecule has 0 fully saturated rings. The minimum Gasteiger partial charge on any atom is -0.493 e. The molecule has 0 saturated carbocycles. The van der Waals surface area contributed by atoms with Gasteiger partial charge < -0.3 is 15.2 Å². The number of rotatable bonds is 1. The second-order valence-electron chi connectivity index (χ2n) is 3.24. The van der Waals surface area contributed by atoms with Crippen LogP contribution in [0.4, 0.5) is 0 Å². The molecule has 1 aromatic carbocycles. The fourth-order valence-corrected chi connectivity index (χ4v) is 2.25. The molecule has 2 N–H and O–H groups in total. The Hall–Kier alpha value is -0.450.